The summed E-state index contributed by atoms with van der Waals surface area (Å²) in [6.07, 6.45) is 0. The van der Waals surface area contributed by atoms with Crippen molar-refractivity contribution in [2.45, 2.75) is 0 Å². The van der Waals surface area contributed by atoms with Gasteiger partial charge in [-0.15, -0.1) is 0 Å². The minimum absolute atomic E-state index is 0. The Kier molecular flexibility index (Phi) is 38.3. The number of aliphatic hydroxyl groups excluding tert-OH is 1. The molecule has 0 spiro atoms. The standard InChI is InChI=1S/C3H9NO.2H3N/c1-4-2-3-5;;/h4-5H,2-3H2,1H3;2*1H3. The van der Waals surface area contributed by atoms with Crippen molar-refractivity contribution in [3.8, 4) is 0 Å². The first-order chi connectivity index (χ1) is 2.41. The average Bonchev–Trinajstić information content (AvgIpc) is 1.41. The van der Waals surface area contributed by atoms with E-state index in [1.54, 1.807) is 7.05 Å². The van der Waals surface area contributed by atoms with Gasteiger partial charge in [-0.05, 0) is 7.05 Å². The Balaban J connectivity index is -0.0000000800. The van der Waals surface area contributed by atoms with Gasteiger partial charge in [0.2, 0.25) is 0 Å². The maximum atomic E-state index is 8.00. The molecule has 0 fully saturated rings. The summed E-state index contributed by atoms with van der Waals surface area (Å²) >= 11 is 0. The number of rotatable bonds is 2. The van der Waals surface area contributed by atoms with Crippen molar-refractivity contribution >= 4 is 0 Å². The van der Waals surface area contributed by atoms with Gasteiger partial charge in [-0.1, -0.05) is 0 Å². The monoisotopic (exact) mass is 109 g/mol. The lowest BCUT2D eigenvalue weighted by atomic mass is 10.7. The summed E-state index contributed by atoms with van der Waals surface area (Å²) in [6.45, 7) is 0.927. The fourth-order valence-electron chi connectivity index (χ4n) is 0.112. The van der Waals surface area contributed by atoms with E-state index in [9.17, 15) is 0 Å². The molecule has 8 N–H and O–H groups in total. The van der Waals surface area contributed by atoms with E-state index in [0.29, 0.717) is 6.54 Å². The van der Waals surface area contributed by atoms with Crippen LogP contribution in [0.3, 0.4) is 0 Å². The van der Waals surface area contributed by atoms with Gasteiger partial charge in [0.15, 0.2) is 0 Å². The van der Waals surface area contributed by atoms with Gasteiger partial charge in [0.1, 0.15) is 0 Å². The number of hydrogen-bond donors (Lipinski definition) is 4. The molecule has 0 unspecified atom stereocenters. The van der Waals surface area contributed by atoms with Crippen LogP contribution < -0.4 is 17.6 Å². The molecule has 0 bridgehead atoms. The van der Waals surface area contributed by atoms with E-state index in [0.717, 1.165) is 0 Å². The van der Waals surface area contributed by atoms with Crippen molar-refractivity contribution in [3.05, 3.63) is 0 Å². The molecule has 4 nitrogen and oxygen atoms in total. The van der Waals surface area contributed by atoms with Crippen LogP contribution in [0.1, 0.15) is 0 Å². The predicted octanol–water partition coefficient (Wildman–Crippen LogP) is -0.478. The second-order valence-electron chi connectivity index (χ2n) is 0.827. The topological polar surface area (TPSA) is 102 Å². The van der Waals surface area contributed by atoms with E-state index in [1.807, 2.05) is 0 Å². The van der Waals surface area contributed by atoms with Crippen LogP contribution >= 0.6 is 0 Å². The highest BCUT2D eigenvalue weighted by molar-refractivity contribution is 4.27. The van der Waals surface area contributed by atoms with Gasteiger partial charge in [0.05, 0.1) is 6.61 Å². The van der Waals surface area contributed by atoms with Gasteiger partial charge >= 0.3 is 0 Å². The second kappa shape index (κ2) is 17.0. The molecule has 0 aromatic rings. The zero-order valence-electron chi connectivity index (χ0n) is 4.78. The Labute approximate surface area is 44.1 Å². The Hall–Kier alpha value is -0.160. The van der Waals surface area contributed by atoms with Crippen LogP contribution in [0.4, 0.5) is 0 Å². The molecule has 0 aromatic carbocycles. The molecule has 0 saturated carbocycles. The molecule has 0 aliphatic rings. The fourth-order valence-corrected chi connectivity index (χ4v) is 0.112. The average molecular weight is 109 g/mol. The van der Waals surface area contributed by atoms with Crippen LogP contribution in [0, 0.1) is 0 Å². The molecule has 0 rings (SSSR count). The summed E-state index contributed by atoms with van der Waals surface area (Å²) in [5.41, 5.74) is 0. The quantitative estimate of drug-likeness (QED) is 0.384. The number of likely N-dealkylation sites (N-methyl/N-ethyl adjacent to an activating group) is 1. The van der Waals surface area contributed by atoms with Crippen LogP contribution in [0.15, 0.2) is 0 Å². The summed E-state index contributed by atoms with van der Waals surface area (Å²) in [5, 5.41) is 10.8. The SMILES string of the molecule is CNCCO.N.N. The lowest BCUT2D eigenvalue weighted by Crippen LogP contribution is -2.10. The lowest BCUT2D eigenvalue weighted by molar-refractivity contribution is 0.296. The third-order valence-corrected chi connectivity index (χ3v) is 0.362. The molecule has 0 heterocycles. The van der Waals surface area contributed by atoms with E-state index >= 15 is 0 Å². The Morgan fingerprint density at radius 3 is 1.86 bits per heavy atom. The Morgan fingerprint density at radius 2 is 1.86 bits per heavy atom. The third kappa shape index (κ3) is 25.4. The maximum Gasteiger partial charge on any atom is 0.0555 e. The van der Waals surface area contributed by atoms with Crippen molar-refractivity contribution in [3.63, 3.8) is 0 Å². The molecule has 0 aromatic heterocycles. The summed E-state index contributed by atoms with van der Waals surface area (Å²) < 4.78 is 0. The molecule has 48 valence electrons. The van der Waals surface area contributed by atoms with Gasteiger partial charge in [0, 0.05) is 6.54 Å². The van der Waals surface area contributed by atoms with Gasteiger partial charge < -0.3 is 22.7 Å². The smallest absolute Gasteiger partial charge is 0.0555 e. The lowest BCUT2D eigenvalue weighted by Gasteiger charge is -1.84. The molecule has 0 aliphatic carbocycles. The highest BCUT2D eigenvalue weighted by atomic mass is 16.3. The van der Waals surface area contributed by atoms with Gasteiger partial charge in [-0.2, -0.15) is 0 Å². The first-order valence-corrected chi connectivity index (χ1v) is 1.67. The van der Waals surface area contributed by atoms with Crippen molar-refractivity contribution < 1.29 is 5.11 Å². The zero-order valence-corrected chi connectivity index (χ0v) is 4.78. The van der Waals surface area contributed by atoms with Crippen LogP contribution in [-0.4, -0.2) is 25.3 Å². The van der Waals surface area contributed by atoms with Crippen molar-refractivity contribution in [2.24, 2.45) is 0 Å². The van der Waals surface area contributed by atoms with Crippen LogP contribution in [-0.2, 0) is 0 Å². The maximum absolute atomic E-state index is 8.00. The number of hydrogen-bond acceptors (Lipinski definition) is 4. The van der Waals surface area contributed by atoms with E-state index < -0.39 is 0 Å². The fraction of sp³-hybridized carbons (Fsp3) is 1.00. The Bertz CT molecular complexity index is 17.7. The van der Waals surface area contributed by atoms with Gasteiger partial charge in [0.25, 0.3) is 0 Å². The number of aliphatic hydroxyl groups is 1. The van der Waals surface area contributed by atoms with Crippen LogP contribution in [0.5, 0.6) is 0 Å². The molecule has 7 heavy (non-hydrogen) atoms. The molecule has 4 heteroatoms. The molecule has 0 amide bonds. The third-order valence-electron chi connectivity index (χ3n) is 0.362. The Morgan fingerprint density at radius 1 is 1.43 bits per heavy atom. The molecule has 0 radical (unpaired) electrons. The molecular weight excluding hydrogens is 94.1 g/mol. The van der Waals surface area contributed by atoms with Crippen LogP contribution in [0.25, 0.3) is 0 Å². The predicted molar refractivity (Wildman–Crippen MR) is 31.1 cm³/mol. The van der Waals surface area contributed by atoms with E-state index in [-0.39, 0.29) is 18.9 Å². The largest absolute Gasteiger partial charge is 0.395 e. The zero-order chi connectivity index (χ0) is 4.12. The summed E-state index contributed by atoms with van der Waals surface area (Å²) in [4.78, 5) is 0. The molecule has 0 atom stereocenters. The minimum atomic E-state index is 0. The van der Waals surface area contributed by atoms with Gasteiger partial charge in [-0.25, -0.2) is 0 Å². The van der Waals surface area contributed by atoms with E-state index in [4.69, 9.17) is 5.11 Å². The van der Waals surface area contributed by atoms with Crippen molar-refractivity contribution in [2.75, 3.05) is 20.2 Å². The van der Waals surface area contributed by atoms with E-state index in [2.05, 4.69) is 5.32 Å². The first-order valence-electron chi connectivity index (χ1n) is 1.67. The first kappa shape index (κ1) is 15.8. The second-order valence-corrected chi connectivity index (χ2v) is 0.827. The molecular formula is C3H15N3O. The summed E-state index contributed by atoms with van der Waals surface area (Å²) in [7, 11) is 1.80. The highest BCUT2D eigenvalue weighted by Gasteiger charge is 1.65. The van der Waals surface area contributed by atoms with Crippen LogP contribution in [0.2, 0.25) is 0 Å². The highest BCUT2D eigenvalue weighted by Crippen LogP contribution is 1.42. The van der Waals surface area contributed by atoms with Crippen molar-refractivity contribution in [1.82, 2.24) is 17.6 Å². The summed E-state index contributed by atoms with van der Waals surface area (Å²) in [5.74, 6) is 0. The number of nitrogens with one attached hydrogen (secondary N) is 1. The summed E-state index contributed by atoms with van der Waals surface area (Å²) in [6, 6.07) is 0. The minimum Gasteiger partial charge on any atom is -0.395 e. The van der Waals surface area contributed by atoms with Gasteiger partial charge in [-0.3, -0.25) is 0 Å². The molecule has 0 saturated heterocycles. The van der Waals surface area contributed by atoms with Crippen molar-refractivity contribution in [1.29, 1.82) is 0 Å². The normalized spacial score (nSPS) is 6.00. The van der Waals surface area contributed by atoms with E-state index in [1.165, 1.54) is 0 Å². The molecule has 0 aliphatic heterocycles.